The average molecular weight is 302 g/mol. The summed E-state index contributed by atoms with van der Waals surface area (Å²) >= 11 is 0. The van der Waals surface area contributed by atoms with Crippen molar-refractivity contribution < 1.29 is 9.72 Å². The Morgan fingerprint density at radius 2 is 2.09 bits per heavy atom. The van der Waals surface area contributed by atoms with Gasteiger partial charge in [0.25, 0.3) is 0 Å². The predicted octanol–water partition coefficient (Wildman–Crippen LogP) is 2.09. The highest BCUT2D eigenvalue weighted by molar-refractivity contribution is 5.79. The van der Waals surface area contributed by atoms with Gasteiger partial charge < -0.3 is 20.3 Å². The van der Waals surface area contributed by atoms with Crippen LogP contribution < -0.4 is 5.32 Å². The number of rotatable bonds is 4. The molecule has 0 aromatic carbocycles. The summed E-state index contributed by atoms with van der Waals surface area (Å²) < 4.78 is 0. The standard InChI is InChI=1S/C15H18N4O3/c20-12-5-1-2-7-18(12)15-8-14(9-15,10-15)17-11-4-3-6-16-13(11)19(21)22/h3-4,6,17H,1-2,5,7-10H2. The molecule has 3 aliphatic carbocycles. The van der Waals surface area contributed by atoms with Gasteiger partial charge in [0.05, 0.1) is 0 Å². The fourth-order valence-corrected chi connectivity index (χ4v) is 4.39. The van der Waals surface area contributed by atoms with Crippen LogP contribution in [0.3, 0.4) is 0 Å². The van der Waals surface area contributed by atoms with E-state index in [9.17, 15) is 14.9 Å². The van der Waals surface area contributed by atoms with Gasteiger partial charge in [-0.3, -0.25) is 4.79 Å². The lowest BCUT2D eigenvalue weighted by atomic mass is 9.43. The molecule has 22 heavy (non-hydrogen) atoms. The third-order valence-corrected chi connectivity index (χ3v) is 5.26. The van der Waals surface area contributed by atoms with Crippen molar-refractivity contribution in [3.05, 3.63) is 28.4 Å². The van der Waals surface area contributed by atoms with Gasteiger partial charge in [-0.25, -0.2) is 0 Å². The van der Waals surface area contributed by atoms with Crippen molar-refractivity contribution in [2.75, 3.05) is 11.9 Å². The molecular weight excluding hydrogens is 284 g/mol. The highest BCUT2D eigenvalue weighted by atomic mass is 16.6. The van der Waals surface area contributed by atoms with Crippen molar-refractivity contribution in [2.45, 2.75) is 49.6 Å². The number of hydrogen-bond acceptors (Lipinski definition) is 5. The number of piperidine rings is 1. The van der Waals surface area contributed by atoms with E-state index in [0.29, 0.717) is 12.1 Å². The van der Waals surface area contributed by atoms with Crippen molar-refractivity contribution in [1.82, 2.24) is 9.88 Å². The van der Waals surface area contributed by atoms with E-state index in [-0.39, 0.29) is 22.8 Å². The van der Waals surface area contributed by atoms with Gasteiger partial charge in [0.15, 0.2) is 0 Å². The van der Waals surface area contributed by atoms with Crippen LogP contribution in [-0.2, 0) is 4.79 Å². The Kier molecular flexibility index (Phi) is 2.70. The summed E-state index contributed by atoms with van der Waals surface area (Å²) in [6, 6.07) is 3.40. The first-order valence-corrected chi connectivity index (χ1v) is 7.72. The van der Waals surface area contributed by atoms with E-state index in [1.54, 1.807) is 12.1 Å². The second-order valence-electron chi connectivity index (χ2n) is 6.79. The second kappa shape index (κ2) is 4.41. The molecule has 2 bridgehead atoms. The number of aromatic nitrogens is 1. The van der Waals surface area contributed by atoms with Crippen LogP contribution in [0.2, 0.25) is 0 Å². The molecular formula is C15H18N4O3. The van der Waals surface area contributed by atoms with Gasteiger partial charge in [0.2, 0.25) is 5.91 Å². The topological polar surface area (TPSA) is 88.4 Å². The number of carbonyl (C=O) groups is 1. The number of pyridine rings is 1. The van der Waals surface area contributed by atoms with Crippen molar-refractivity contribution in [2.24, 2.45) is 0 Å². The third-order valence-electron chi connectivity index (χ3n) is 5.26. The zero-order valence-electron chi connectivity index (χ0n) is 12.2. The number of carbonyl (C=O) groups excluding carboxylic acids is 1. The minimum Gasteiger partial charge on any atom is -0.372 e. The monoisotopic (exact) mass is 302 g/mol. The molecule has 3 saturated carbocycles. The Bertz CT molecular complexity index is 640. The lowest BCUT2D eigenvalue weighted by Gasteiger charge is -2.74. The van der Waals surface area contributed by atoms with Crippen LogP contribution in [0.15, 0.2) is 18.3 Å². The van der Waals surface area contributed by atoms with Gasteiger partial charge in [-0.2, -0.15) is 0 Å². The molecule has 5 rings (SSSR count). The summed E-state index contributed by atoms with van der Waals surface area (Å²) in [4.78, 5) is 28.5. The van der Waals surface area contributed by atoms with Gasteiger partial charge >= 0.3 is 5.82 Å². The van der Waals surface area contributed by atoms with Gasteiger partial charge in [-0.1, -0.05) is 0 Å². The van der Waals surface area contributed by atoms with E-state index in [1.165, 1.54) is 6.20 Å². The first-order chi connectivity index (χ1) is 10.5. The summed E-state index contributed by atoms with van der Waals surface area (Å²) in [6.07, 6.45) is 6.83. The van der Waals surface area contributed by atoms with E-state index in [2.05, 4.69) is 15.2 Å². The molecule has 1 aliphatic heterocycles. The maximum Gasteiger partial charge on any atom is 0.386 e. The molecule has 0 unspecified atom stereocenters. The molecule has 1 amide bonds. The van der Waals surface area contributed by atoms with Crippen molar-refractivity contribution >= 4 is 17.4 Å². The second-order valence-corrected chi connectivity index (χ2v) is 6.79. The molecule has 116 valence electrons. The molecule has 0 atom stereocenters. The lowest BCUT2D eigenvalue weighted by molar-refractivity contribution is -0.388. The molecule has 4 fully saturated rings. The van der Waals surface area contributed by atoms with Crippen LogP contribution in [0.1, 0.15) is 38.5 Å². The SMILES string of the molecule is O=C1CCCCN1C12CC(Nc3cccnc3[N+](=O)[O-])(C1)C2. The molecule has 1 aromatic rings. The van der Waals surface area contributed by atoms with Crippen molar-refractivity contribution in [1.29, 1.82) is 0 Å². The van der Waals surface area contributed by atoms with Crippen molar-refractivity contribution in [3.63, 3.8) is 0 Å². The largest absolute Gasteiger partial charge is 0.386 e. The Hall–Kier alpha value is -2.18. The number of likely N-dealkylation sites (tertiary alicyclic amines) is 1. The number of anilines is 1. The van der Waals surface area contributed by atoms with Crippen LogP contribution in [0.25, 0.3) is 0 Å². The number of hydrogen-bond donors (Lipinski definition) is 1. The number of amides is 1. The average Bonchev–Trinajstić information content (AvgIpc) is 2.42. The molecule has 0 radical (unpaired) electrons. The van der Waals surface area contributed by atoms with E-state index >= 15 is 0 Å². The first kappa shape index (κ1) is 13.5. The Labute approximate surface area is 127 Å². The van der Waals surface area contributed by atoms with Crippen LogP contribution in [0, 0.1) is 10.1 Å². The van der Waals surface area contributed by atoms with Gasteiger partial charge in [0, 0.05) is 24.0 Å². The maximum atomic E-state index is 12.1. The Balaban J connectivity index is 1.46. The molecule has 1 N–H and O–H groups in total. The van der Waals surface area contributed by atoms with Gasteiger partial charge in [-0.05, 0) is 54.1 Å². The maximum absolute atomic E-state index is 12.1. The minimum atomic E-state index is -0.461. The molecule has 0 spiro atoms. The smallest absolute Gasteiger partial charge is 0.372 e. The number of nitrogens with zero attached hydrogens (tertiary/aromatic N) is 3. The Morgan fingerprint density at radius 3 is 2.77 bits per heavy atom. The summed E-state index contributed by atoms with van der Waals surface area (Å²) in [5.41, 5.74) is 0.401. The summed E-state index contributed by atoms with van der Waals surface area (Å²) in [6.45, 7) is 0.863. The number of nitro groups is 1. The van der Waals surface area contributed by atoms with Crippen LogP contribution >= 0.6 is 0 Å². The molecule has 2 heterocycles. The Morgan fingerprint density at radius 1 is 1.32 bits per heavy atom. The van der Waals surface area contributed by atoms with Crippen LogP contribution in [0.4, 0.5) is 11.5 Å². The van der Waals surface area contributed by atoms with Gasteiger partial charge in [0.1, 0.15) is 11.9 Å². The quantitative estimate of drug-likeness (QED) is 0.679. The van der Waals surface area contributed by atoms with Crippen LogP contribution in [0.5, 0.6) is 0 Å². The summed E-state index contributed by atoms with van der Waals surface area (Å²) in [5.74, 6) is 0.141. The normalized spacial score (nSPS) is 32.9. The fraction of sp³-hybridized carbons (Fsp3) is 0.600. The zero-order chi connectivity index (χ0) is 15.4. The first-order valence-electron chi connectivity index (χ1n) is 7.72. The number of nitrogens with one attached hydrogen (secondary N) is 1. The molecule has 1 saturated heterocycles. The van der Waals surface area contributed by atoms with E-state index in [0.717, 1.165) is 38.6 Å². The van der Waals surface area contributed by atoms with Crippen LogP contribution in [-0.4, -0.2) is 38.3 Å². The zero-order valence-corrected chi connectivity index (χ0v) is 12.2. The third kappa shape index (κ3) is 1.81. The van der Waals surface area contributed by atoms with Crippen molar-refractivity contribution in [3.8, 4) is 0 Å². The summed E-state index contributed by atoms with van der Waals surface area (Å²) in [7, 11) is 0. The molecule has 1 aromatic heterocycles. The lowest BCUT2D eigenvalue weighted by Crippen LogP contribution is -2.82. The molecule has 4 aliphatic rings. The fourth-order valence-electron chi connectivity index (χ4n) is 4.39. The van der Waals surface area contributed by atoms with E-state index in [4.69, 9.17) is 0 Å². The predicted molar refractivity (Wildman–Crippen MR) is 79.4 cm³/mol. The molecule has 7 nitrogen and oxygen atoms in total. The van der Waals surface area contributed by atoms with Gasteiger partial charge in [-0.15, -0.1) is 0 Å². The van der Waals surface area contributed by atoms with E-state index < -0.39 is 4.92 Å². The van der Waals surface area contributed by atoms with E-state index in [1.807, 2.05) is 0 Å². The summed E-state index contributed by atoms with van der Waals surface area (Å²) in [5, 5.41) is 14.3. The molecule has 7 heteroatoms. The highest BCUT2D eigenvalue weighted by Gasteiger charge is 2.71. The minimum absolute atomic E-state index is 0.0154. The highest BCUT2D eigenvalue weighted by Crippen LogP contribution is 2.65.